The third-order valence-electron chi connectivity index (χ3n) is 5.25. The van der Waals surface area contributed by atoms with Gasteiger partial charge in [-0.15, -0.1) is 0 Å². The lowest BCUT2D eigenvalue weighted by molar-refractivity contribution is -0.148. The third-order valence-corrected chi connectivity index (χ3v) is 5.25. The molecule has 2 atom stereocenters. The molecule has 1 aromatic heterocycles. The molecule has 0 spiro atoms. The zero-order chi connectivity index (χ0) is 27.2. The Labute approximate surface area is 212 Å². The molecule has 2 aromatic rings. The molecule has 37 heavy (non-hydrogen) atoms. The van der Waals surface area contributed by atoms with Gasteiger partial charge in [0.15, 0.2) is 0 Å². The van der Waals surface area contributed by atoms with Crippen LogP contribution >= 0.6 is 0 Å². The lowest BCUT2D eigenvalue weighted by atomic mass is 10.1. The molecule has 0 radical (unpaired) electrons. The third kappa shape index (κ3) is 8.05. The summed E-state index contributed by atoms with van der Waals surface area (Å²) in [6.45, 7) is 4.56. The second kappa shape index (κ2) is 11.5. The number of aromatic nitrogens is 2. The maximum absolute atomic E-state index is 12.9. The Morgan fingerprint density at radius 1 is 1.11 bits per heavy atom. The van der Waals surface area contributed by atoms with E-state index >= 15 is 0 Å². The first kappa shape index (κ1) is 27.2. The van der Waals surface area contributed by atoms with E-state index in [0.29, 0.717) is 0 Å². The molecule has 1 fully saturated rings. The Balaban J connectivity index is 1.58. The van der Waals surface area contributed by atoms with Crippen molar-refractivity contribution in [2.75, 3.05) is 11.9 Å². The van der Waals surface area contributed by atoms with Gasteiger partial charge in [0.05, 0.1) is 6.04 Å². The number of hydrogen-bond acceptors (Lipinski definition) is 8. The van der Waals surface area contributed by atoms with Crippen LogP contribution < -0.4 is 16.3 Å². The van der Waals surface area contributed by atoms with Crippen molar-refractivity contribution >= 4 is 29.9 Å². The van der Waals surface area contributed by atoms with E-state index in [1.54, 1.807) is 45.0 Å². The summed E-state index contributed by atoms with van der Waals surface area (Å²) in [5, 5.41) is 14.5. The zero-order valence-electron chi connectivity index (χ0n) is 20.7. The van der Waals surface area contributed by atoms with Crippen LogP contribution in [0.15, 0.2) is 47.4 Å². The number of rotatable bonds is 7. The van der Waals surface area contributed by atoms with Crippen LogP contribution in [-0.4, -0.2) is 67.8 Å². The van der Waals surface area contributed by atoms with Crippen LogP contribution in [0.5, 0.6) is 0 Å². The predicted octanol–water partition coefficient (Wildman–Crippen LogP) is 1.57. The smallest absolute Gasteiger partial charge is 0.413 e. The summed E-state index contributed by atoms with van der Waals surface area (Å²) in [6, 6.07) is 8.50. The number of carboxylic acid groups (broad SMARTS) is 1. The topological polar surface area (TPSA) is 169 Å². The second-order valence-corrected chi connectivity index (χ2v) is 9.39. The van der Waals surface area contributed by atoms with Crippen molar-refractivity contribution in [1.82, 2.24) is 19.8 Å². The molecule has 198 valence electrons. The number of benzene rings is 1. The minimum absolute atomic E-state index is 0.0125. The number of aliphatic carboxylic acids is 1. The normalized spacial score (nSPS) is 17.1. The van der Waals surface area contributed by atoms with E-state index < -0.39 is 54.0 Å². The molecule has 3 N–H and O–H groups in total. The SMILES string of the molecule is CC(C)(C)OC(=O)N[C@@H]1C[C@@H](C(=O)O)N(C(=O)Cn2ccc(NC(=O)OCc3ccccc3)nc2=O)C1. The first-order chi connectivity index (χ1) is 17.4. The van der Waals surface area contributed by atoms with E-state index in [0.717, 1.165) is 15.0 Å². The monoisotopic (exact) mass is 515 g/mol. The highest BCUT2D eigenvalue weighted by molar-refractivity contribution is 5.85. The average molecular weight is 516 g/mol. The molecule has 0 saturated carbocycles. The van der Waals surface area contributed by atoms with Gasteiger partial charge < -0.3 is 24.8 Å². The van der Waals surface area contributed by atoms with Crippen molar-refractivity contribution in [3.05, 3.63) is 58.6 Å². The maximum atomic E-state index is 12.9. The quantitative estimate of drug-likeness (QED) is 0.495. The molecule has 2 heterocycles. The van der Waals surface area contributed by atoms with E-state index in [2.05, 4.69) is 15.6 Å². The number of carbonyl (C=O) groups is 4. The van der Waals surface area contributed by atoms with Crippen LogP contribution in [0.1, 0.15) is 32.8 Å². The van der Waals surface area contributed by atoms with Crippen LogP contribution in [-0.2, 0) is 32.2 Å². The fraction of sp³-hybridized carbons (Fsp3) is 0.417. The van der Waals surface area contributed by atoms with Gasteiger partial charge in [-0.05, 0) is 32.4 Å². The van der Waals surface area contributed by atoms with Crippen LogP contribution in [0.3, 0.4) is 0 Å². The molecule has 3 amide bonds. The first-order valence-corrected chi connectivity index (χ1v) is 11.5. The molecule has 1 saturated heterocycles. The van der Waals surface area contributed by atoms with Crippen LogP contribution in [0, 0.1) is 0 Å². The number of anilines is 1. The number of alkyl carbamates (subject to hydrolysis) is 1. The predicted molar refractivity (Wildman–Crippen MR) is 130 cm³/mol. The largest absolute Gasteiger partial charge is 0.480 e. The Bertz CT molecular complexity index is 1210. The lowest BCUT2D eigenvalue weighted by Gasteiger charge is -2.22. The molecule has 1 aliphatic heterocycles. The second-order valence-electron chi connectivity index (χ2n) is 9.39. The van der Waals surface area contributed by atoms with Gasteiger partial charge in [0.1, 0.15) is 30.6 Å². The van der Waals surface area contributed by atoms with Crippen molar-refractivity contribution in [2.45, 2.75) is 58.0 Å². The van der Waals surface area contributed by atoms with Crippen molar-refractivity contribution in [1.29, 1.82) is 0 Å². The summed E-state index contributed by atoms with van der Waals surface area (Å²) >= 11 is 0. The van der Waals surface area contributed by atoms with Gasteiger partial charge in [-0.25, -0.2) is 19.2 Å². The summed E-state index contributed by atoms with van der Waals surface area (Å²) in [6.07, 6.45) is -0.291. The van der Waals surface area contributed by atoms with Gasteiger partial charge in [0, 0.05) is 19.2 Å². The van der Waals surface area contributed by atoms with Gasteiger partial charge in [0.25, 0.3) is 0 Å². The summed E-state index contributed by atoms with van der Waals surface area (Å²) in [5.74, 6) is -1.95. The number of amides is 3. The zero-order valence-corrected chi connectivity index (χ0v) is 20.7. The Hall–Kier alpha value is -4.42. The summed E-state index contributed by atoms with van der Waals surface area (Å²) < 4.78 is 11.2. The van der Waals surface area contributed by atoms with Gasteiger partial charge >= 0.3 is 23.8 Å². The fourth-order valence-corrected chi connectivity index (χ4v) is 3.64. The van der Waals surface area contributed by atoms with E-state index in [9.17, 15) is 29.1 Å². The standard InChI is InChI=1S/C24H29N5O8/c1-24(2,3)37-23(35)25-16-11-17(20(31)32)29(12-16)19(30)13-28-10-9-18(26-21(28)33)27-22(34)36-14-15-7-5-4-6-8-15/h4-10,16-17H,11-14H2,1-3H3,(H,25,35)(H,31,32)(H,26,27,33,34)/t16-,17+/m1/s1. The summed E-state index contributed by atoms with van der Waals surface area (Å²) in [7, 11) is 0. The number of nitrogens with zero attached hydrogens (tertiary/aromatic N) is 3. The van der Waals surface area contributed by atoms with Gasteiger partial charge in [0.2, 0.25) is 5.91 Å². The molecule has 1 aliphatic rings. The summed E-state index contributed by atoms with van der Waals surface area (Å²) in [5.41, 5.74) is -0.786. The number of likely N-dealkylation sites (tertiary alicyclic amines) is 1. The highest BCUT2D eigenvalue weighted by atomic mass is 16.6. The Kier molecular flexibility index (Phi) is 8.48. The average Bonchev–Trinajstić information content (AvgIpc) is 3.23. The highest BCUT2D eigenvalue weighted by Gasteiger charge is 2.40. The van der Waals surface area contributed by atoms with Gasteiger partial charge in [-0.1, -0.05) is 30.3 Å². The van der Waals surface area contributed by atoms with Crippen molar-refractivity contribution < 1.29 is 33.8 Å². The van der Waals surface area contributed by atoms with Crippen molar-refractivity contribution in [3.63, 3.8) is 0 Å². The van der Waals surface area contributed by atoms with Crippen molar-refractivity contribution in [3.8, 4) is 0 Å². The fourth-order valence-electron chi connectivity index (χ4n) is 3.64. The molecular weight excluding hydrogens is 486 g/mol. The van der Waals surface area contributed by atoms with Gasteiger partial charge in [-0.3, -0.25) is 14.7 Å². The summed E-state index contributed by atoms with van der Waals surface area (Å²) in [4.78, 5) is 65.8. The van der Waals surface area contributed by atoms with E-state index in [-0.39, 0.29) is 25.4 Å². The molecule has 13 nitrogen and oxygen atoms in total. The number of carboxylic acids is 1. The molecule has 1 aromatic carbocycles. The van der Waals surface area contributed by atoms with Gasteiger partial charge in [-0.2, -0.15) is 4.98 Å². The maximum Gasteiger partial charge on any atom is 0.413 e. The minimum atomic E-state index is -1.24. The Morgan fingerprint density at radius 2 is 1.81 bits per heavy atom. The highest BCUT2D eigenvalue weighted by Crippen LogP contribution is 2.20. The molecule has 0 bridgehead atoms. The first-order valence-electron chi connectivity index (χ1n) is 11.5. The minimum Gasteiger partial charge on any atom is -0.480 e. The van der Waals surface area contributed by atoms with Crippen LogP contribution in [0.25, 0.3) is 0 Å². The van der Waals surface area contributed by atoms with Crippen LogP contribution in [0.4, 0.5) is 15.4 Å². The van der Waals surface area contributed by atoms with E-state index in [4.69, 9.17) is 9.47 Å². The number of ether oxygens (including phenoxy) is 2. The van der Waals surface area contributed by atoms with Crippen molar-refractivity contribution in [2.24, 2.45) is 0 Å². The molecular formula is C24H29N5O8. The number of hydrogen-bond donors (Lipinski definition) is 3. The Morgan fingerprint density at radius 3 is 2.43 bits per heavy atom. The molecule has 0 aliphatic carbocycles. The lowest BCUT2D eigenvalue weighted by Crippen LogP contribution is -2.44. The number of carbonyl (C=O) groups excluding carboxylic acids is 3. The molecule has 0 unspecified atom stereocenters. The molecule has 13 heteroatoms. The van der Waals surface area contributed by atoms with E-state index in [1.165, 1.54) is 12.3 Å². The number of nitrogens with one attached hydrogen (secondary N) is 2. The van der Waals surface area contributed by atoms with E-state index in [1.807, 2.05) is 6.07 Å². The van der Waals surface area contributed by atoms with Crippen LogP contribution in [0.2, 0.25) is 0 Å². The molecule has 3 rings (SSSR count).